The highest BCUT2D eigenvalue weighted by Crippen LogP contribution is 2.29. The largest absolute Gasteiger partial charge is 0.339 e. The third-order valence-corrected chi connectivity index (χ3v) is 4.94. The second kappa shape index (κ2) is 6.97. The average Bonchev–Trinajstić information content (AvgIpc) is 3.38. The minimum absolute atomic E-state index is 0.0170. The highest BCUT2D eigenvalue weighted by molar-refractivity contribution is 5.94. The molecule has 1 aliphatic heterocycles. The first-order valence-corrected chi connectivity index (χ1v) is 9.17. The number of nitrogens with zero attached hydrogens (tertiary/aromatic N) is 4. The van der Waals surface area contributed by atoms with Gasteiger partial charge in [-0.05, 0) is 30.3 Å². The number of hydrogen-bond donors (Lipinski definition) is 1. The lowest BCUT2D eigenvalue weighted by Gasteiger charge is -2.36. The van der Waals surface area contributed by atoms with Crippen LogP contribution in [0, 0.1) is 5.82 Å². The van der Waals surface area contributed by atoms with Gasteiger partial charge in [-0.25, -0.2) is 4.39 Å². The molecular formula is C21H16FN5O2. The van der Waals surface area contributed by atoms with Crippen LogP contribution < -0.4 is 0 Å². The Morgan fingerprint density at radius 1 is 1.07 bits per heavy atom. The number of carbonyl (C=O) groups excluding carboxylic acids is 1. The van der Waals surface area contributed by atoms with Crippen LogP contribution in [-0.4, -0.2) is 44.2 Å². The van der Waals surface area contributed by atoms with E-state index in [0.29, 0.717) is 36.2 Å². The quantitative estimate of drug-likeness (QED) is 0.577. The van der Waals surface area contributed by atoms with E-state index in [1.807, 2.05) is 30.3 Å². The fraction of sp³-hybridized carbons (Fsp3) is 0.143. The van der Waals surface area contributed by atoms with Gasteiger partial charge in [-0.15, -0.1) is 0 Å². The van der Waals surface area contributed by atoms with Gasteiger partial charge in [-0.1, -0.05) is 35.5 Å². The molecule has 0 atom stereocenters. The fourth-order valence-electron chi connectivity index (χ4n) is 3.28. The number of rotatable bonds is 4. The van der Waals surface area contributed by atoms with Crippen molar-refractivity contribution in [2.75, 3.05) is 13.1 Å². The van der Waals surface area contributed by atoms with Crippen molar-refractivity contribution in [1.82, 2.24) is 25.2 Å². The molecule has 8 heteroatoms. The van der Waals surface area contributed by atoms with Crippen LogP contribution in [0.1, 0.15) is 22.3 Å². The molecule has 1 fully saturated rings. The number of amides is 1. The summed E-state index contributed by atoms with van der Waals surface area (Å²) in [6, 6.07) is 17.2. The van der Waals surface area contributed by atoms with Crippen LogP contribution in [0.25, 0.3) is 22.6 Å². The number of aromatic amines is 1. The van der Waals surface area contributed by atoms with E-state index in [1.54, 1.807) is 23.1 Å². The summed E-state index contributed by atoms with van der Waals surface area (Å²) in [5, 5.41) is 10.9. The molecular weight excluding hydrogens is 373 g/mol. The fourth-order valence-corrected chi connectivity index (χ4v) is 3.28. The molecule has 1 N–H and O–H groups in total. The van der Waals surface area contributed by atoms with Gasteiger partial charge in [0.05, 0.1) is 11.6 Å². The Morgan fingerprint density at radius 2 is 1.83 bits per heavy atom. The Labute approximate surface area is 165 Å². The molecule has 144 valence electrons. The Hall–Kier alpha value is -3.81. The van der Waals surface area contributed by atoms with Crippen LogP contribution in [-0.2, 0) is 0 Å². The van der Waals surface area contributed by atoms with Crippen molar-refractivity contribution in [3.05, 3.63) is 78.1 Å². The van der Waals surface area contributed by atoms with E-state index in [9.17, 15) is 9.18 Å². The van der Waals surface area contributed by atoms with Crippen molar-refractivity contribution in [2.24, 2.45) is 0 Å². The van der Waals surface area contributed by atoms with E-state index in [-0.39, 0.29) is 17.6 Å². The Morgan fingerprint density at radius 3 is 2.59 bits per heavy atom. The standard InChI is InChI=1S/C21H16FN5O2/c22-16-8-6-13(7-9-16)17-10-18(25-24-17)21(28)27-11-15(12-27)20-23-19(26-29-20)14-4-2-1-3-5-14/h1-10,15H,11-12H2,(H,24,25). The molecule has 2 aromatic carbocycles. The van der Waals surface area contributed by atoms with Gasteiger partial charge in [0.15, 0.2) is 0 Å². The van der Waals surface area contributed by atoms with Gasteiger partial charge in [0, 0.05) is 24.2 Å². The van der Waals surface area contributed by atoms with Crippen molar-refractivity contribution in [1.29, 1.82) is 0 Å². The second-order valence-corrected chi connectivity index (χ2v) is 6.90. The van der Waals surface area contributed by atoms with Gasteiger partial charge in [-0.3, -0.25) is 9.89 Å². The number of likely N-dealkylation sites (tertiary alicyclic amines) is 1. The van der Waals surface area contributed by atoms with E-state index in [0.717, 1.165) is 11.1 Å². The zero-order valence-corrected chi connectivity index (χ0v) is 15.2. The summed E-state index contributed by atoms with van der Waals surface area (Å²) in [7, 11) is 0. The number of benzene rings is 2. The molecule has 4 aromatic rings. The lowest BCUT2D eigenvalue weighted by molar-refractivity contribution is 0.0563. The van der Waals surface area contributed by atoms with Crippen molar-refractivity contribution >= 4 is 5.91 Å². The topological polar surface area (TPSA) is 87.9 Å². The predicted octanol–water partition coefficient (Wildman–Crippen LogP) is 3.51. The summed E-state index contributed by atoms with van der Waals surface area (Å²) < 4.78 is 18.4. The molecule has 0 aliphatic carbocycles. The number of H-pyrrole nitrogens is 1. The molecule has 1 saturated heterocycles. The molecule has 5 rings (SSSR count). The van der Waals surface area contributed by atoms with Gasteiger partial charge in [0.2, 0.25) is 11.7 Å². The van der Waals surface area contributed by atoms with Gasteiger partial charge in [0.25, 0.3) is 5.91 Å². The molecule has 1 aliphatic rings. The maximum atomic E-state index is 13.1. The van der Waals surface area contributed by atoms with Crippen LogP contribution in [0.2, 0.25) is 0 Å². The molecule has 3 heterocycles. The first-order valence-electron chi connectivity index (χ1n) is 9.17. The first kappa shape index (κ1) is 17.3. The summed E-state index contributed by atoms with van der Waals surface area (Å²) in [6.45, 7) is 1.00. The second-order valence-electron chi connectivity index (χ2n) is 6.90. The summed E-state index contributed by atoms with van der Waals surface area (Å²) in [5.74, 6) is 0.629. The molecule has 1 amide bonds. The highest BCUT2D eigenvalue weighted by atomic mass is 19.1. The average molecular weight is 389 g/mol. The zero-order valence-electron chi connectivity index (χ0n) is 15.2. The van der Waals surface area contributed by atoms with Crippen molar-refractivity contribution in [2.45, 2.75) is 5.92 Å². The summed E-state index contributed by atoms with van der Waals surface area (Å²) in [4.78, 5) is 18.8. The van der Waals surface area contributed by atoms with Crippen LogP contribution in [0.3, 0.4) is 0 Å². The van der Waals surface area contributed by atoms with Crippen molar-refractivity contribution in [3.8, 4) is 22.6 Å². The first-order chi connectivity index (χ1) is 14.2. The van der Waals surface area contributed by atoms with Crippen LogP contribution in [0.5, 0.6) is 0 Å². The number of hydrogen-bond acceptors (Lipinski definition) is 5. The van der Waals surface area contributed by atoms with Gasteiger partial charge >= 0.3 is 0 Å². The van der Waals surface area contributed by atoms with E-state index in [4.69, 9.17) is 4.52 Å². The number of aromatic nitrogens is 4. The van der Waals surface area contributed by atoms with Crippen LogP contribution in [0.15, 0.2) is 65.2 Å². The monoisotopic (exact) mass is 389 g/mol. The van der Waals surface area contributed by atoms with Crippen LogP contribution in [0.4, 0.5) is 4.39 Å². The van der Waals surface area contributed by atoms with Crippen molar-refractivity contribution in [3.63, 3.8) is 0 Å². The maximum Gasteiger partial charge on any atom is 0.271 e. The summed E-state index contributed by atoms with van der Waals surface area (Å²) >= 11 is 0. The minimum Gasteiger partial charge on any atom is -0.339 e. The summed E-state index contributed by atoms with van der Waals surface area (Å²) in [5.41, 5.74) is 2.61. The Balaban J connectivity index is 1.24. The maximum absolute atomic E-state index is 13.1. The van der Waals surface area contributed by atoms with E-state index in [2.05, 4.69) is 20.3 Å². The SMILES string of the molecule is O=C(c1cc(-c2ccc(F)cc2)n[nH]1)N1CC(c2nc(-c3ccccc3)no2)C1. The predicted molar refractivity (Wildman–Crippen MR) is 102 cm³/mol. The van der Waals surface area contributed by atoms with Crippen LogP contribution >= 0.6 is 0 Å². The van der Waals surface area contributed by atoms with E-state index in [1.165, 1.54) is 12.1 Å². The van der Waals surface area contributed by atoms with Gasteiger partial charge in [-0.2, -0.15) is 10.1 Å². The Bertz CT molecular complexity index is 1150. The number of carbonyl (C=O) groups is 1. The summed E-state index contributed by atoms with van der Waals surface area (Å²) in [6.07, 6.45) is 0. The van der Waals surface area contributed by atoms with Gasteiger partial charge < -0.3 is 9.42 Å². The van der Waals surface area contributed by atoms with Gasteiger partial charge in [0.1, 0.15) is 11.5 Å². The lowest BCUT2D eigenvalue weighted by Crippen LogP contribution is -2.48. The smallest absolute Gasteiger partial charge is 0.271 e. The molecule has 0 unspecified atom stereocenters. The lowest BCUT2D eigenvalue weighted by atomic mass is 9.99. The van der Waals surface area contributed by atoms with Crippen molar-refractivity contribution < 1.29 is 13.7 Å². The molecule has 2 aromatic heterocycles. The minimum atomic E-state index is -0.316. The Kier molecular flexibility index (Phi) is 4.16. The molecule has 0 radical (unpaired) electrons. The molecule has 0 bridgehead atoms. The molecule has 29 heavy (non-hydrogen) atoms. The van der Waals surface area contributed by atoms with E-state index < -0.39 is 0 Å². The highest BCUT2D eigenvalue weighted by Gasteiger charge is 2.36. The number of halogens is 1. The zero-order chi connectivity index (χ0) is 19.8. The normalized spacial score (nSPS) is 14.0. The van der Waals surface area contributed by atoms with E-state index >= 15 is 0 Å². The third-order valence-electron chi connectivity index (χ3n) is 4.94. The molecule has 0 saturated carbocycles. The third kappa shape index (κ3) is 3.29. The number of nitrogens with one attached hydrogen (secondary N) is 1. The molecule has 7 nitrogen and oxygen atoms in total. The molecule has 0 spiro atoms.